The number of imide groups is 1. The summed E-state index contributed by atoms with van der Waals surface area (Å²) < 4.78 is 6.14. The predicted octanol–water partition coefficient (Wildman–Crippen LogP) is 7.03. The molecule has 4 aliphatic rings. The third-order valence-corrected chi connectivity index (χ3v) is 11.8. The first-order chi connectivity index (χ1) is 23.8. The van der Waals surface area contributed by atoms with Gasteiger partial charge < -0.3 is 9.84 Å². The number of benzene rings is 4. The van der Waals surface area contributed by atoms with Gasteiger partial charge in [-0.05, 0) is 88.4 Å². The average Bonchev–Trinajstić information content (AvgIpc) is 3.40. The molecule has 244 valence electrons. The van der Waals surface area contributed by atoms with Gasteiger partial charge in [0.1, 0.15) is 0 Å². The van der Waals surface area contributed by atoms with Crippen LogP contribution < -0.4 is 9.64 Å². The second kappa shape index (κ2) is 11.9. The number of ether oxygens (including phenoxy) is 1. The minimum absolute atomic E-state index is 0.0189. The van der Waals surface area contributed by atoms with Crippen LogP contribution in [-0.4, -0.2) is 35.6 Å². The molecule has 3 aliphatic carbocycles. The van der Waals surface area contributed by atoms with Crippen molar-refractivity contribution in [3.63, 3.8) is 0 Å². The number of amides is 2. The summed E-state index contributed by atoms with van der Waals surface area (Å²) in [7, 11) is 1.48. The summed E-state index contributed by atoms with van der Waals surface area (Å²) in [6.07, 6.45) is 4.10. The molecule has 1 saturated carbocycles. The molecule has 8 heteroatoms. The summed E-state index contributed by atoms with van der Waals surface area (Å²) in [4.78, 5) is 59.9. The number of hydrogen-bond acceptors (Lipinski definition) is 6. The van der Waals surface area contributed by atoms with Crippen molar-refractivity contribution in [3.8, 4) is 11.5 Å². The lowest BCUT2D eigenvalue weighted by Crippen LogP contribution is -2.58. The quantitative estimate of drug-likeness (QED) is 0.133. The van der Waals surface area contributed by atoms with Crippen LogP contribution in [0.15, 0.2) is 121 Å². The molecule has 1 heterocycles. The van der Waals surface area contributed by atoms with E-state index in [2.05, 4.69) is 22.6 Å². The normalized spacial score (nSPS) is 27.6. The highest BCUT2D eigenvalue weighted by molar-refractivity contribution is 14.1. The zero-order valence-electron chi connectivity index (χ0n) is 26.6. The van der Waals surface area contributed by atoms with Crippen LogP contribution in [0.5, 0.6) is 11.5 Å². The number of anilines is 1. The van der Waals surface area contributed by atoms with Crippen LogP contribution in [0.3, 0.4) is 0 Å². The van der Waals surface area contributed by atoms with E-state index in [1.165, 1.54) is 18.1 Å². The van der Waals surface area contributed by atoms with Gasteiger partial charge >= 0.3 is 0 Å². The van der Waals surface area contributed by atoms with Gasteiger partial charge in [-0.15, -0.1) is 0 Å². The molecule has 1 aliphatic heterocycles. The Morgan fingerprint density at radius 3 is 2.16 bits per heavy atom. The number of Topliss-reactive ketones (excluding diaryl/α,β-unsaturated/α-hetero) is 1. The SMILES string of the molecule is COc1cc(C2C3=CCC4C(=O)N(c5ccccc5)C(=O)C4C3CC3C(=O)C(c4ccccc4)=CC(=O)C32c2ccccc2)cc(I)c1O. The monoisotopic (exact) mass is 761 g/mol. The molecule has 4 aromatic carbocycles. The van der Waals surface area contributed by atoms with Gasteiger partial charge in [0, 0.05) is 17.4 Å². The van der Waals surface area contributed by atoms with Gasteiger partial charge in [0.25, 0.3) is 0 Å². The minimum atomic E-state index is -1.36. The van der Waals surface area contributed by atoms with Crippen LogP contribution in [0.4, 0.5) is 5.69 Å². The minimum Gasteiger partial charge on any atom is -0.504 e. The highest BCUT2D eigenvalue weighted by Gasteiger charge is 2.66. The number of phenolic OH excluding ortho intramolecular Hbond substituents is 1. The molecule has 4 aromatic rings. The Hall–Kier alpha value is -4.83. The van der Waals surface area contributed by atoms with Gasteiger partial charge in [-0.25, -0.2) is 0 Å². The third-order valence-electron chi connectivity index (χ3n) is 11.0. The van der Waals surface area contributed by atoms with Crippen molar-refractivity contribution in [2.24, 2.45) is 23.7 Å². The van der Waals surface area contributed by atoms with Gasteiger partial charge in [0.05, 0.1) is 33.6 Å². The van der Waals surface area contributed by atoms with Crippen molar-refractivity contribution < 1.29 is 29.0 Å². The summed E-state index contributed by atoms with van der Waals surface area (Å²) in [5.41, 5.74) is 2.42. The van der Waals surface area contributed by atoms with Crippen molar-refractivity contribution in [2.45, 2.75) is 24.2 Å². The van der Waals surface area contributed by atoms with Crippen molar-refractivity contribution in [1.29, 1.82) is 0 Å². The van der Waals surface area contributed by atoms with Gasteiger partial charge in [0.15, 0.2) is 23.1 Å². The predicted molar refractivity (Wildman–Crippen MR) is 193 cm³/mol. The topological polar surface area (TPSA) is 101 Å². The van der Waals surface area contributed by atoms with E-state index in [9.17, 15) is 14.7 Å². The number of carbonyl (C=O) groups excluding carboxylic acids is 4. The van der Waals surface area contributed by atoms with E-state index in [1.54, 1.807) is 30.3 Å². The largest absolute Gasteiger partial charge is 0.504 e. The Bertz CT molecular complexity index is 2090. The molecule has 7 nitrogen and oxygen atoms in total. The fourth-order valence-corrected chi connectivity index (χ4v) is 9.62. The zero-order valence-corrected chi connectivity index (χ0v) is 28.7. The molecule has 8 rings (SSSR count). The van der Waals surface area contributed by atoms with E-state index in [0.717, 1.165) is 5.57 Å². The van der Waals surface area contributed by atoms with E-state index < -0.39 is 35.0 Å². The molecular formula is C41H32INO6. The summed E-state index contributed by atoms with van der Waals surface area (Å²) in [6, 6.07) is 31.2. The number of hydrogen-bond donors (Lipinski definition) is 1. The first-order valence-electron chi connectivity index (χ1n) is 16.4. The van der Waals surface area contributed by atoms with Crippen LogP contribution in [0, 0.1) is 27.2 Å². The number of para-hydroxylation sites is 1. The van der Waals surface area contributed by atoms with E-state index >= 15 is 9.59 Å². The van der Waals surface area contributed by atoms with E-state index in [4.69, 9.17) is 4.74 Å². The van der Waals surface area contributed by atoms with Crippen LogP contribution in [0.1, 0.15) is 35.4 Å². The Balaban J connectivity index is 1.39. The lowest BCUT2D eigenvalue weighted by molar-refractivity contribution is -0.135. The number of halogens is 1. The molecule has 6 atom stereocenters. The smallest absolute Gasteiger partial charge is 0.238 e. The summed E-state index contributed by atoms with van der Waals surface area (Å²) in [5, 5.41) is 10.9. The van der Waals surface area contributed by atoms with Gasteiger partial charge in [-0.3, -0.25) is 24.1 Å². The maximum Gasteiger partial charge on any atom is 0.238 e. The number of rotatable bonds is 5. The Kier molecular flexibility index (Phi) is 7.66. The van der Waals surface area contributed by atoms with Crippen LogP contribution in [-0.2, 0) is 24.6 Å². The number of carbonyl (C=O) groups is 4. The second-order valence-corrected chi connectivity index (χ2v) is 14.4. The molecule has 0 aromatic heterocycles. The fourth-order valence-electron chi connectivity index (χ4n) is 9.00. The summed E-state index contributed by atoms with van der Waals surface area (Å²) in [5.74, 6) is -3.98. The van der Waals surface area contributed by atoms with Crippen LogP contribution in [0.2, 0.25) is 0 Å². The fraction of sp³-hybridized carbons (Fsp3) is 0.220. The maximum absolute atomic E-state index is 15.2. The average molecular weight is 762 g/mol. The number of aromatic hydroxyl groups is 1. The van der Waals surface area contributed by atoms with E-state index in [-0.39, 0.29) is 41.3 Å². The van der Waals surface area contributed by atoms with E-state index in [0.29, 0.717) is 37.9 Å². The standard InChI is InChI=1S/C41H32INO6/c1-49-33-20-24(19-32(42)38(33)46)36-27-17-18-28-35(40(48)43(39(28)47)26-15-9-4-10-16-26)30(27)21-31-37(45)29(23-11-5-2-6-12-23)22-34(44)41(31,36)25-13-7-3-8-14-25/h2-17,19-20,22,28,30-31,35-36,46H,18,21H2,1H3. The highest BCUT2D eigenvalue weighted by atomic mass is 127. The highest BCUT2D eigenvalue weighted by Crippen LogP contribution is 2.64. The van der Waals surface area contributed by atoms with Crippen molar-refractivity contribution in [1.82, 2.24) is 0 Å². The maximum atomic E-state index is 15.2. The van der Waals surface area contributed by atoms with E-state index in [1.807, 2.05) is 78.9 Å². The molecular weight excluding hydrogens is 729 g/mol. The van der Waals surface area contributed by atoms with Crippen molar-refractivity contribution >= 4 is 57.2 Å². The first kappa shape index (κ1) is 31.4. The summed E-state index contributed by atoms with van der Waals surface area (Å²) in [6.45, 7) is 0. The van der Waals surface area contributed by atoms with Gasteiger partial charge in [-0.1, -0.05) is 90.5 Å². The Labute approximate surface area is 297 Å². The molecule has 6 unspecified atom stereocenters. The molecule has 2 fully saturated rings. The van der Waals surface area contributed by atoms with Crippen LogP contribution in [0.25, 0.3) is 5.57 Å². The second-order valence-electron chi connectivity index (χ2n) is 13.2. The van der Waals surface area contributed by atoms with Crippen molar-refractivity contribution in [3.05, 3.63) is 141 Å². The molecule has 1 N–H and O–H groups in total. The molecule has 2 amide bonds. The molecule has 49 heavy (non-hydrogen) atoms. The number of methoxy groups -OCH3 is 1. The lowest BCUT2D eigenvalue weighted by Gasteiger charge is -2.55. The number of allylic oxidation sites excluding steroid dienone is 4. The molecule has 0 radical (unpaired) electrons. The Morgan fingerprint density at radius 2 is 1.49 bits per heavy atom. The molecule has 0 spiro atoms. The number of phenols is 1. The number of nitrogens with zero attached hydrogens (tertiary/aromatic N) is 1. The van der Waals surface area contributed by atoms with Crippen LogP contribution >= 0.6 is 22.6 Å². The summed E-state index contributed by atoms with van der Waals surface area (Å²) >= 11 is 2.05. The van der Waals surface area contributed by atoms with Gasteiger partial charge in [0.2, 0.25) is 11.8 Å². The first-order valence-corrected chi connectivity index (χ1v) is 17.5. The van der Waals surface area contributed by atoms with Gasteiger partial charge in [-0.2, -0.15) is 0 Å². The lowest BCUT2D eigenvalue weighted by atomic mass is 9.44. The number of ketones is 2. The van der Waals surface area contributed by atoms with Crippen molar-refractivity contribution in [2.75, 3.05) is 12.0 Å². The Morgan fingerprint density at radius 1 is 0.837 bits per heavy atom. The molecule has 0 bridgehead atoms. The zero-order chi connectivity index (χ0) is 34.0. The molecule has 1 saturated heterocycles. The third kappa shape index (κ3) is 4.60. The number of fused-ring (bicyclic) bond motifs is 4.